The van der Waals surface area contributed by atoms with Crippen LogP contribution in [0.4, 0.5) is 0 Å². The Balaban J connectivity index is 2.90. The minimum absolute atomic E-state index is 0.188. The summed E-state index contributed by atoms with van der Waals surface area (Å²) in [6.07, 6.45) is -0.188. The first kappa shape index (κ1) is 17.6. The van der Waals surface area contributed by atoms with Crippen molar-refractivity contribution < 1.29 is 19.1 Å². The predicted molar refractivity (Wildman–Crippen MR) is 83.1 cm³/mol. The van der Waals surface area contributed by atoms with Gasteiger partial charge in [0.2, 0.25) is 0 Å². The van der Waals surface area contributed by atoms with Gasteiger partial charge in [-0.25, -0.2) is 0 Å². The largest absolute Gasteiger partial charge is 0.459 e. The highest BCUT2D eigenvalue weighted by atomic mass is 79.9. The van der Waals surface area contributed by atoms with Crippen LogP contribution in [-0.4, -0.2) is 23.1 Å². The monoisotopic (exact) mass is 354 g/mol. The molecule has 0 fully saturated rings. The molecule has 0 aliphatic rings. The lowest BCUT2D eigenvalue weighted by Gasteiger charge is -2.22. The van der Waals surface area contributed by atoms with Crippen LogP contribution in [0, 0.1) is 5.92 Å². The molecule has 5 heteroatoms. The van der Waals surface area contributed by atoms with Crippen molar-refractivity contribution in [2.24, 2.45) is 5.92 Å². The minimum Gasteiger partial charge on any atom is -0.459 e. The van der Waals surface area contributed by atoms with E-state index in [-0.39, 0.29) is 18.0 Å². The summed E-state index contributed by atoms with van der Waals surface area (Å²) >= 11 is 3.29. The molecule has 0 N–H and O–H groups in total. The summed E-state index contributed by atoms with van der Waals surface area (Å²) in [6, 6.07) is 6.91. The van der Waals surface area contributed by atoms with Crippen molar-refractivity contribution in [3.8, 4) is 0 Å². The molecule has 0 saturated heterocycles. The first-order valence-corrected chi connectivity index (χ1v) is 7.42. The van der Waals surface area contributed by atoms with E-state index >= 15 is 0 Å². The second-order valence-corrected chi connectivity index (χ2v) is 6.66. The first-order valence-electron chi connectivity index (χ1n) is 6.63. The first-order chi connectivity index (χ1) is 9.61. The molecule has 1 aromatic carbocycles. The Morgan fingerprint density at radius 1 is 1.19 bits per heavy atom. The molecule has 0 aliphatic carbocycles. The van der Waals surface area contributed by atoms with Gasteiger partial charge in [0.15, 0.2) is 5.78 Å². The number of carbonyl (C=O) groups is 3. The van der Waals surface area contributed by atoms with Crippen molar-refractivity contribution in [3.05, 3.63) is 34.3 Å². The molecule has 0 amide bonds. The highest BCUT2D eigenvalue weighted by molar-refractivity contribution is 9.10. The van der Waals surface area contributed by atoms with Crippen molar-refractivity contribution in [3.63, 3.8) is 0 Å². The van der Waals surface area contributed by atoms with E-state index in [4.69, 9.17) is 4.74 Å². The zero-order chi connectivity index (χ0) is 16.2. The number of esters is 1. The third-order valence-electron chi connectivity index (χ3n) is 2.75. The standard InChI is InChI=1S/C16H19BrO4/c1-10(18)12(15(20)21-16(2,3)4)9-14(19)11-7-5-6-8-13(11)17/h5-8,12H,9H2,1-4H3/t12-/m0/s1. The number of benzene rings is 1. The molecule has 0 aromatic heterocycles. The Morgan fingerprint density at radius 3 is 2.24 bits per heavy atom. The van der Waals surface area contributed by atoms with Crippen LogP contribution in [0.2, 0.25) is 0 Å². The summed E-state index contributed by atoms with van der Waals surface area (Å²) in [5.41, 5.74) is -0.242. The van der Waals surface area contributed by atoms with Crippen LogP contribution in [0.15, 0.2) is 28.7 Å². The van der Waals surface area contributed by atoms with E-state index in [9.17, 15) is 14.4 Å². The van der Waals surface area contributed by atoms with Crippen LogP contribution in [0.1, 0.15) is 44.5 Å². The smallest absolute Gasteiger partial charge is 0.317 e. The third-order valence-corrected chi connectivity index (χ3v) is 3.44. The summed E-state index contributed by atoms with van der Waals surface area (Å²) in [4.78, 5) is 36.0. The van der Waals surface area contributed by atoms with Gasteiger partial charge in [-0.3, -0.25) is 14.4 Å². The summed E-state index contributed by atoms with van der Waals surface area (Å²) in [6.45, 7) is 6.45. The number of carbonyl (C=O) groups excluding carboxylic acids is 3. The van der Waals surface area contributed by atoms with Crippen molar-refractivity contribution in [2.75, 3.05) is 0 Å². The Bertz CT molecular complexity index is 558. The summed E-state index contributed by atoms with van der Waals surface area (Å²) in [5, 5.41) is 0. The van der Waals surface area contributed by atoms with Crippen LogP contribution in [0.25, 0.3) is 0 Å². The van der Waals surface area contributed by atoms with E-state index in [1.54, 1.807) is 45.0 Å². The molecule has 114 valence electrons. The average molecular weight is 355 g/mol. The fraction of sp³-hybridized carbons (Fsp3) is 0.438. The number of hydrogen-bond donors (Lipinski definition) is 0. The molecule has 21 heavy (non-hydrogen) atoms. The number of Topliss-reactive ketones (excluding diaryl/α,β-unsaturated/α-hetero) is 2. The fourth-order valence-electron chi connectivity index (χ4n) is 1.75. The van der Waals surface area contributed by atoms with Crippen LogP contribution in [-0.2, 0) is 14.3 Å². The maximum Gasteiger partial charge on any atom is 0.317 e. The van der Waals surface area contributed by atoms with E-state index < -0.39 is 17.5 Å². The maximum atomic E-state index is 12.3. The number of halogens is 1. The Labute approximate surface area is 133 Å². The number of ketones is 2. The molecule has 1 atom stereocenters. The molecular formula is C16H19BrO4. The highest BCUT2D eigenvalue weighted by Crippen LogP contribution is 2.21. The highest BCUT2D eigenvalue weighted by Gasteiger charge is 2.31. The maximum absolute atomic E-state index is 12.3. The molecule has 0 aliphatic heterocycles. The Morgan fingerprint density at radius 2 is 1.76 bits per heavy atom. The van der Waals surface area contributed by atoms with Gasteiger partial charge in [-0.2, -0.15) is 0 Å². The molecule has 0 spiro atoms. The average Bonchev–Trinajstić information content (AvgIpc) is 2.33. The second kappa shape index (κ2) is 6.98. The van der Waals surface area contributed by atoms with Crippen molar-refractivity contribution >= 4 is 33.5 Å². The van der Waals surface area contributed by atoms with E-state index in [0.29, 0.717) is 10.0 Å². The molecule has 0 bridgehead atoms. The number of ether oxygens (including phenoxy) is 1. The topological polar surface area (TPSA) is 60.4 Å². The third kappa shape index (κ3) is 5.42. The van der Waals surface area contributed by atoms with Crippen molar-refractivity contribution in [1.29, 1.82) is 0 Å². The van der Waals surface area contributed by atoms with Gasteiger partial charge in [-0.05, 0) is 33.8 Å². The molecule has 0 unspecified atom stereocenters. The van der Waals surface area contributed by atoms with E-state index in [2.05, 4.69) is 15.9 Å². The summed E-state index contributed by atoms with van der Waals surface area (Å²) < 4.78 is 5.84. The summed E-state index contributed by atoms with van der Waals surface area (Å²) in [5.74, 6) is -2.36. The number of rotatable bonds is 5. The Hall–Kier alpha value is -1.49. The van der Waals surface area contributed by atoms with Gasteiger partial charge in [0.25, 0.3) is 0 Å². The Kier molecular flexibility index (Phi) is 5.84. The SMILES string of the molecule is CC(=O)[C@H](CC(=O)c1ccccc1Br)C(=O)OC(C)(C)C. The quantitative estimate of drug-likeness (QED) is 0.460. The van der Waals surface area contributed by atoms with Gasteiger partial charge in [0, 0.05) is 16.5 Å². The van der Waals surface area contributed by atoms with Gasteiger partial charge in [-0.15, -0.1) is 0 Å². The molecule has 4 nitrogen and oxygen atoms in total. The summed E-state index contributed by atoms with van der Waals surface area (Å²) in [7, 11) is 0. The van der Waals surface area contributed by atoms with Gasteiger partial charge in [-0.1, -0.05) is 34.1 Å². The molecule has 0 heterocycles. The lowest BCUT2D eigenvalue weighted by Crippen LogP contribution is -2.33. The van der Waals surface area contributed by atoms with Gasteiger partial charge < -0.3 is 4.74 Å². The lowest BCUT2D eigenvalue weighted by molar-refractivity contribution is -0.161. The second-order valence-electron chi connectivity index (χ2n) is 5.80. The molecule has 0 radical (unpaired) electrons. The van der Waals surface area contributed by atoms with Gasteiger partial charge >= 0.3 is 5.97 Å². The van der Waals surface area contributed by atoms with Crippen LogP contribution < -0.4 is 0 Å². The molecule has 1 rings (SSSR count). The minimum atomic E-state index is -1.07. The van der Waals surface area contributed by atoms with Crippen LogP contribution in [0.5, 0.6) is 0 Å². The van der Waals surface area contributed by atoms with Crippen LogP contribution in [0.3, 0.4) is 0 Å². The molecule has 0 saturated carbocycles. The molecule has 1 aromatic rings. The van der Waals surface area contributed by atoms with E-state index in [1.807, 2.05) is 0 Å². The van der Waals surface area contributed by atoms with E-state index in [1.165, 1.54) is 6.92 Å². The van der Waals surface area contributed by atoms with Crippen molar-refractivity contribution in [2.45, 2.75) is 39.7 Å². The van der Waals surface area contributed by atoms with E-state index in [0.717, 1.165) is 0 Å². The van der Waals surface area contributed by atoms with Gasteiger partial charge in [0.05, 0.1) is 0 Å². The lowest BCUT2D eigenvalue weighted by atomic mass is 9.95. The van der Waals surface area contributed by atoms with Crippen LogP contribution >= 0.6 is 15.9 Å². The van der Waals surface area contributed by atoms with Gasteiger partial charge in [0.1, 0.15) is 17.3 Å². The number of hydrogen-bond acceptors (Lipinski definition) is 4. The fourth-order valence-corrected chi connectivity index (χ4v) is 2.25. The zero-order valence-corrected chi connectivity index (χ0v) is 14.2. The normalized spacial score (nSPS) is 12.6. The predicted octanol–water partition coefficient (Wildman–Crippen LogP) is 3.57. The van der Waals surface area contributed by atoms with Crippen molar-refractivity contribution in [1.82, 2.24) is 0 Å². The zero-order valence-electron chi connectivity index (χ0n) is 12.6. The molecular weight excluding hydrogens is 336 g/mol.